The maximum absolute atomic E-state index is 5.55. The first-order chi connectivity index (χ1) is 7.33. The lowest BCUT2D eigenvalue weighted by molar-refractivity contribution is 1.26. The number of hydrogen-bond acceptors (Lipinski definition) is 2. The maximum Gasteiger partial charge on any atom is 0.0574 e. The molecule has 1 aromatic rings. The van der Waals surface area contributed by atoms with E-state index < -0.39 is 0 Å². The van der Waals surface area contributed by atoms with Crippen LogP contribution in [-0.4, -0.2) is 12.8 Å². The Morgan fingerprint density at radius 1 is 1.33 bits per heavy atom. The molecule has 0 spiro atoms. The molecule has 1 rings (SSSR count). The molecule has 0 heterocycles. The third kappa shape index (κ3) is 5.37. The summed E-state index contributed by atoms with van der Waals surface area (Å²) in [4.78, 5) is 4.15. The van der Waals surface area contributed by atoms with Crippen LogP contribution in [0.25, 0.3) is 6.08 Å². The standard InChI is InChI=1S/C12H13IN2/c13-9-12(14)10-15-8-4-7-11-5-2-1-3-6-11/h1-7,9-10H,8,14H2/b7-4+,12-9+,15-10?. The van der Waals surface area contributed by atoms with Crippen molar-refractivity contribution in [2.45, 2.75) is 0 Å². The average molecular weight is 312 g/mol. The van der Waals surface area contributed by atoms with Crippen LogP contribution >= 0.6 is 22.6 Å². The van der Waals surface area contributed by atoms with Crippen molar-refractivity contribution in [3.05, 3.63) is 51.8 Å². The summed E-state index contributed by atoms with van der Waals surface area (Å²) in [6.07, 6.45) is 5.72. The van der Waals surface area contributed by atoms with Gasteiger partial charge in [0.1, 0.15) is 0 Å². The highest BCUT2D eigenvalue weighted by Crippen LogP contribution is 2.00. The molecular formula is C12H13IN2. The van der Waals surface area contributed by atoms with Crippen molar-refractivity contribution in [1.29, 1.82) is 0 Å². The summed E-state index contributed by atoms with van der Waals surface area (Å²) in [6.45, 7) is 0.653. The first-order valence-corrected chi connectivity index (χ1v) is 5.85. The molecule has 78 valence electrons. The summed E-state index contributed by atoms with van der Waals surface area (Å²) in [5.41, 5.74) is 7.42. The zero-order valence-corrected chi connectivity index (χ0v) is 10.5. The van der Waals surface area contributed by atoms with Crippen LogP contribution in [0, 0.1) is 0 Å². The second kappa shape index (κ2) is 7.23. The van der Waals surface area contributed by atoms with Gasteiger partial charge in [0.2, 0.25) is 0 Å². The molecule has 0 aliphatic carbocycles. The summed E-state index contributed by atoms with van der Waals surface area (Å²) >= 11 is 2.09. The fourth-order valence-corrected chi connectivity index (χ4v) is 1.16. The van der Waals surface area contributed by atoms with Crippen molar-refractivity contribution in [1.82, 2.24) is 0 Å². The molecule has 3 heteroatoms. The highest BCUT2D eigenvalue weighted by molar-refractivity contribution is 14.1. The van der Waals surface area contributed by atoms with Crippen molar-refractivity contribution < 1.29 is 0 Å². The van der Waals surface area contributed by atoms with E-state index in [4.69, 9.17) is 5.73 Å². The minimum Gasteiger partial charge on any atom is -0.397 e. The van der Waals surface area contributed by atoms with Gasteiger partial charge in [-0.05, 0) is 5.56 Å². The van der Waals surface area contributed by atoms with Gasteiger partial charge in [-0.25, -0.2) is 0 Å². The molecule has 2 nitrogen and oxygen atoms in total. The molecule has 0 atom stereocenters. The number of nitrogens with two attached hydrogens (primary N) is 1. The number of benzene rings is 1. The molecule has 0 amide bonds. The van der Waals surface area contributed by atoms with Gasteiger partial charge in [0.15, 0.2) is 0 Å². The lowest BCUT2D eigenvalue weighted by Gasteiger charge is -1.90. The van der Waals surface area contributed by atoms with Gasteiger partial charge in [-0.3, -0.25) is 4.99 Å². The highest BCUT2D eigenvalue weighted by Gasteiger charge is 1.81. The van der Waals surface area contributed by atoms with Gasteiger partial charge in [-0.2, -0.15) is 0 Å². The Bertz CT molecular complexity index is 366. The number of hydrogen-bond donors (Lipinski definition) is 1. The minimum atomic E-state index is 0.653. The Hall–Kier alpha value is -1.10. The summed E-state index contributed by atoms with van der Waals surface area (Å²) < 4.78 is 1.79. The van der Waals surface area contributed by atoms with E-state index >= 15 is 0 Å². The van der Waals surface area contributed by atoms with Crippen LogP contribution in [0.4, 0.5) is 0 Å². The normalized spacial score (nSPS) is 12.7. The van der Waals surface area contributed by atoms with Crippen molar-refractivity contribution >= 4 is 34.9 Å². The van der Waals surface area contributed by atoms with E-state index in [2.05, 4.69) is 39.7 Å². The Balaban J connectivity index is 2.38. The molecule has 2 N–H and O–H groups in total. The molecule has 1 aromatic carbocycles. The zero-order chi connectivity index (χ0) is 10.9. The lowest BCUT2D eigenvalue weighted by atomic mass is 10.2. The van der Waals surface area contributed by atoms with Gasteiger partial charge >= 0.3 is 0 Å². The van der Waals surface area contributed by atoms with E-state index in [1.165, 1.54) is 5.56 Å². The van der Waals surface area contributed by atoms with Crippen LogP contribution in [0.3, 0.4) is 0 Å². The van der Waals surface area contributed by atoms with E-state index in [1.54, 1.807) is 10.3 Å². The molecule has 0 aliphatic rings. The minimum absolute atomic E-state index is 0.653. The van der Waals surface area contributed by atoms with Gasteiger partial charge < -0.3 is 5.73 Å². The van der Waals surface area contributed by atoms with E-state index in [1.807, 2.05) is 30.4 Å². The smallest absolute Gasteiger partial charge is 0.0574 e. The predicted octanol–water partition coefficient (Wildman–Crippen LogP) is 3.01. The van der Waals surface area contributed by atoms with E-state index in [0.717, 1.165) is 0 Å². The van der Waals surface area contributed by atoms with Crippen LogP contribution in [0.15, 0.2) is 51.2 Å². The molecule has 0 aromatic heterocycles. The number of aliphatic imine (C=N–C) groups is 1. The Morgan fingerprint density at radius 2 is 2.07 bits per heavy atom. The molecule has 0 unspecified atom stereocenters. The number of rotatable bonds is 4. The molecule has 0 aliphatic heterocycles. The van der Waals surface area contributed by atoms with Gasteiger partial charge in [0, 0.05) is 10.3 Å². The summed E-state index contributed by atoms with van der Waals surface area (Å²) in [5, 5.41) is 0. The van der Waals surface area contributed by atoms with Crippen molar-refractivity contribution in [2.75, 3.05) is 6.54 Å². The summed E-state index contributed by atoms with van der Waals surface area (Å²) in [6, 6.07) is 10.1. The van der Waals surface area contributed by atoms with E-state index in [9.17, 15) is 0 Å². The Kier molecular flexibility index (Phi) is 5.77. The molecular weight excluding hydrogens is 299 g/mol. The molecule has 0 saturated heterocycles. The number of nitrogens with zero attached hydrogens (tertiary/aromatic N) is 1. The molecule has 0 fully saturated rings. The average Bonchev–Trinajstić information content (AvgIpc) is 2.29. The van der Waals surface area contributed by atoms with E-state index in [-0.39, 0.29) is 0 Å². The zero-order valence-electron chi connectivity index (χ0n) is 8.31. The van der Waals surface area contributed by atoms with Gasteiger partial charge in [-0.15, -0.1) is 0 Å². The highest BCUT2D eigenvalue weighted by atomic mass is 127. The van der Waals surface area contributed by atoms with Crippen LogP contribution in [0.2, 0.25) is 0 Å². The third-order valence-corrected chi connectivity index (χ3v) is 2.41. The second-order valence-corrected chi connectivity index (χ2v) is 3.54. The van der Waals surface area contributed by atoms with Gasteiger partial charge in [0.05, 0.1) is 12.2 Å². The van der Waals surface area contributed by atoms with Crippen molar-refractivity contribution in [2.24, 2.45) is 10.7 Å². The molecule has 0 radical (unpaired) electrons. The Morgan fingerprint density at radius 3 is 2.73 bits per heavy atom. The van der Waals surface area contributed by atoms with Crippen LogP contribution < -0.4 is 5.73 Å². The van der Waals surface area contributed by atoms with Crippen molar-refractivity contribution in [3.63, 3.8) is 0 Å². The quantitative estimate of drug-likeness (QED) is 0.673. The number of halogens is 1. The first kappa shape index (κ1) is 12.0. The lowest BCUT2D eigenvalue weighted by Crippen LogP contribution is -1.96. The predicted molar refractivity (Wildman–Crippen MR) is 75.1 cm³/mol. The fourth-order valence-electron chi connectivity index (χ4n) is 1.00. The van der Waals surface area contributed by atoms with Crippen LogP contribution in [0.1, 0.15) is 5.56 Å². The van der Waals surface area contributed by atoms with Gasteiger partial charge in [-0.1, -0.05) is 65.1 Å². The van der Waals surface area contributed by atoms with Crippen LogP contribution in [-0.2, 0) is 0 Å². The SMILES string of the molecule is N/C(C=NC/C=C/c1ccccc1)=C/I. The fraction of sp³-hybridized carbons (Fsp3) is 0.0833. The largest absolute Gasteiger partial charge is 0.397 e. The number of allylic oxidation sites excluding steroid dienone is 1. The summed E-state index contributed by atoms with van der Waals surface area (Å²) in [5.74, 6) is 0. The topological polar surface area (TPSA) is 38.4 Å². The monoisotopic (exact) mass is 312 g/mol. The third-order valence-electron chi connectivity index (χ3n) is 1.69. The molecule has 15 heavy (non-hydrogen) atoms. The summed E-state index contributed by atoms with van der Waals surface area (Å²) in [7, 11) is 0. The van der Waals surface area contributed by atoms with E-state index in [0.29, 0.717) is 12.2 Å². The van der Waals surface area contributed by atoms with Gasteiger partial charge in [0.25, 0.3) is 0 Å². The maximum atomic E-state index is 5.55. The molecule has 0 bridgehead atoms. The molecule has 0 saturated carbocycles. The van der Waals surface area contributed by atoms with Crippen molar-refractivity contribution in [3.8, 4) is 0 Å². The van der Waals surface area contributed by atoms with Crippen LogP contribution in [0.5, 0.6) is 0 Å². The second-order valence-electron chi connectivity index (χ2n) is 2.92. The Labute approximate surface area is 104 Å². The first-order valence-electron chi connectivity index (χ1n) is 4.60.